The first-order valence-corrected chi connectivity index (χ1v) is 39.3. The van der Waals surface area contributed by atoms with Crippen molar-refractivity contribution in [1.82, 2.24) is 0 Å². The lowest BCUT2D eigenvalue weighted by molar-refractivity contribution is -0.900. The summed E-state index contributed by atoms with van der Waals surface area (Å²) in [4.78, 5) is 0. The monoisotopic (exact) mass is 1460 g/mol. The molecule has 27 heteroatoms. The fraction of sp³-hybridized carbons (Fsp3) is 1.00. The highest BCUT2D eigenvalue weighted by Crippen LogP contribution is 2.27. The average molecular weight is 1460 g/mol. The molecule has 6 N–H and O–H groups in total. The van der Waals surface area contributed by atoms with E-state index in [2.05, 4.69) is 42.3 Å². The average Bonchev–Trinajstić information content (AvgIpc) is 1.81. The summed E-state index contributed by atoms with van der Waals surface area (Å²) < 4.78 is 95.8. The molecule has 6 aliphatic rings. The third kappa shape index (κ3) is 37.7. The fourth-order valence-corrected chi connectivity index (χ4v) is 16.3. The van der Waals surface area contributed by atoms with E-state index < -0.39 is 47.5 Å². The Morgan fingerprint density at radius 3 is 0.455 bits per heavy atom. The Kier molecular flexibility index (Phi) is 42.6. The van der Waals surface area contributed by atoms with Gasteiger partial charge in [0.2, 0.25) is 0 Å². The summed E-state index contributed by atoms with van der Waals surface area (Å²) in [6, 6.07) is 0. The zero-order valence-electron chi connectivity index (χ0n) is 64.4. The normalized spacial score (nSPS) is 22.9. The summed E-state index contributed by atoms with van der Waals surface area (Å²) in [6.45, 7) is 25.6. The number of aliphatic hydroxyl groups excluding tert-OH is 6. The van der Waals surface area contributed by atoms with E-state index in [1.165, 1.54) is 77.0 Å². The maximum absolute atomic E-state index is 11.1. The van der Waals surface area contributed by atoms with Crippen molar-refractivity contribution in [3.05, 3.63) is 0 Å². The number of aliphatic hydroxyl groups is 6. The van der Waals surface area contributed by atoms with Gasteiger partial charge in [-0.2, -0.15) is 0 Å². The number of likely N-dealkylation sites (N-methyl/N-ethyl adjacent to an activating group) is 6. The van der Waals surface area contributed by atoms with Gasteiger partial charge in [0.05, 0.1) is 330 Å². The third-order valence-electron chi connectivity index (χ3n) is 21.9. The molecule has 101 heavy (non-hydrogen) atoms. The highest BCUT2D eigenvalue weighted by molar-refractivity contribution is 4.82. The molecule has 0 spiro atoms. The molecule has 0 aromatic rings. The van der Waals surface area contributed by atoms with Gasteiger partial charge in [0.15, 0.2) is 0 Å². The van der Waals surface area contributed by atoms with Crippen LogP contribution in [0.15, 0.2) is 0 Å². The molecule has 0 amide bonds. The Bertz CT molecular complexity index is 1750. The third-order valence-corrected chi connectivity index (χ3v) is 21.9. The SMILES string of the molecule is C[N+]1(CC(O)COCC(COCCOCCOCCOCCOCCOCCOCCOCCOCC(COCC(O)C[N+]2(C)CCCC2)(COCC(O)C[N+]2(C)CCCC2)COCC(O)C[N+]2(C)CCCC2)(COCC(O)C[N+]2(C)CCCC2)COCC(O)C[N+]2(C)CCCC2)CCCC1. The molecule has 6 heterocycles. The van der Waals surface area contributed by atoms with Gasteiger partial charge in [0, 0.05) is 77.0 Å². The number of quaternary nitrogens is 6. The van der Waals surface area contributed by atoms with Gasteiger partial charge in [-0.15, -0.1) is 0 Å². The Morgan fingerprint density at radius 2 is 0.317 bits per heavy atom. The van der Waals surface area contributed by atoms with Crippen molar-refractivity contribution in [3.8, 4) is 0 Å². The molecule has 27 nitrogen and oxygen atoms in total. The highest BCUT2D eigenvalue weighted by atomic mass is 16.6. The van der Waals surface area contributed by atoms with Crippen LogP contribution in [0.1, 0.15) is 77.0 Å². The largest absolute Gasteiger partial charge is 0.385 e. The van der Waals surface area contributed by atoms with Gasteiger partial charge in [-0.05, 0) is 0 Å². The van der Waals surface area contributed by atoms with Gasteiger partial charge in [-0.3, -0.25) is 0 Å². The zero-order chi connectivity index (χ0) is 72.5. The fourth-order valence-electron chi connectivity index (χ4n) is 16.3. The molecular weight excluding hydrogens is 1310 g/mol. The number of likely N-dealkylation sites (tertiary alicyclic amines) is 6. The Balaban J connectivity index is 0.795. The van der Waals surface area contributed by atoms with Crippen LogP contribution in [-0.4, -0.2) is 452 Å². The number of nitrogens with zero attached hydrogens (tertiary/aromatic N) is 6. The minimum absolute atomic E-state index is 0.174. The van der Waals surface area contributed by atoms with E-state index in [1.54, 1.807) is 0 Å². The smallest absolute Gasteiger partial charge is 0.126 e. The quantitative estimate of drug-likeness (QED) is 0.0364. The molecular formula is C74H150N6O21+6. The van der Waals surface area contributed by atoms with Crippen LogP contribution in [-0.2, 0) is 71.1 Å². The maximum Gasteiger partial charge on any atom is 0.126 e. The summed E-state index contributed by atoms with van der Waals surface area (Å²) >= 11 is 0. The Hall–Kier alpha value is -1.08. The van der Waals surface area contributed by atoms with Gasteiger partial charge in [-0.25, -0.2) is 0 Å². The molecule has 0 radical (unpaired) electrons. The maximum atomic E-state index is 11.1. The van der Waals surface area contributed by atoms with E-state index in [0.29, 0.717) is 145 Å². The van der Waals surface area contributed by atoms with Gasteiger partial charge >= 0.3 is 0 Å². The van der Waals surface area contributed by atoms with E-state index >= 15 is 0 Å². The molecule has 6 fully saturated rings. The highest BCUT2D eigenvalue weighted by Gasteiger charge is 2.40. The second-order valence-electron chi connectivity index (χ2n) is 33.1. The molecule has 6 saturated heterocycles. The van der Waals surface area contributed by atoms with E-state index in [4.69, 9.17) is 71.1 Å². The van der Waals surface area contributed by atoms with Crippen molar-refractivity contribution in [2.24, 2.45) is 10.8 Å². The van der Waals surface area contributed by atoms with Crippen molar-refractivity contribution in [2.75, 3.05) is 358 Å². The molecule has 6 atom stereocenters. The summed E-state index contributed by atoms with van der Waals surface area (Å²) in [5, 5.41) is 66.6. The topological polar surface area (TPSA) is 260 Å². The van der Waals surface area contributed by atoms with Crippen LogP contribution in [0, 0.1) is 10.8 Å². The molecule has 6 unspecified atom stereocenters. The van der Waals surface area contributed by atoms with Crippen LogP contribution in [0.25, 0.3) is 0 Å². The van der Waals surface area contributed by atoms with Crippen molar-refractivity contribution in [3.63, 3.8) is 0 Å². The first-order chi connectivity index (χ1) is 48.6. The lowest BCUT2D eigenvalue weighted by Gasteiger charge is -2.36. The van der Waals surface area contributed by atoms with E-state index in [1.807, 2.05) is 0 Å². The lowest BCUT2D eigenvalue weighted by atomic mass is 9.92. The number of rotatable bonds is 64. The predicted octanol–water partition coefficient (Wildman–Crippen LogP) is 0.816. The van der Waals surface area contributed by atoms with Gasteiger partial charge in [-0.1, -0.05) is 0 Å². The van der Waals surface area contributed by atoms with Crippen molar-refractivity contribution >= 4 is 0 Å². The second kappa shape index (κ2) is 48.4. The second-order valence-corrected chi connectivity index (χ2v) is 33.1. The van der Waals surface area contributed by atoms with E-state index in [0.717, 1.165) is 105 Å². The minimum Gasteiger partial charge on any atom is -0.385 e. The van der Waals surface area contributed by atoms with Crippen LogP contribution < -0.4 is 0 Å². The predicted molar refractivity (Wildman–Crippen MR) is 383 cm³/mol. The number of ether oxygens (including phenoxy) is 15. The molecule has 0 aliphatic carbocycles. The zero-order valence-corrected chi connectivity index (χ0v) is 64.4. The van der Waals surface area contributed by atoms with Crippen LogP contribution in [0.3, 0.4) is 0 Å². The lowest BCUT2D eigenvalue weighted by Crippen LogP contribution is -2.49. The molecule has 0 bridgehead atoms. The molecule has 6 aliphatic heterocycles. The summed E-state index contributed by atoms with van der Waals surface area (Å²) in [5.74, 6) is 0. The first-order valence-electron chi connectivity index (χ1n) is 39.3. The molecule has 0 saturated carbocycles. The van der Waals surface area contributed by atoms with Crippen LogP contribution in [0.2, 0.25) is 0 Å². The summed E-state index contributed by atoms with van der Waals surface area (Å²) in [6.07, 6.45) is 10.3. The minimum atomic E-state index is -0.774. The van der Waals surface area contributed by atoms with Crippen molar-refractivity contribution in [2.45, 2.75) is 114 Å². The molecule has 0 aromatic carbocycles. The summed E-state index contributed by atoms with van der Waals surface area (Å²) in [5.41, 5.74) is -1.55. The van der Waals surface area contributed by atoms with Crippen LogP contribution >= 0.6 is 0 Å². The van der Waals surface area contributed by atoms with Gasteiger partial charge < -0.3 is 129 Å². The molecule has 596 valence electrons. The Morgan fingerprint density at radius 1 is 0.198 bits per heavy atom. The Labute approximate surface area is 609 Å². The first kappa shape index (κ1) is 88.8. The number of hydrogen-bond donors (Lipinski definition) is 6. The number of hydrogen-bond acceptors (Lipinski definition) is 21. The van der Waals surface area contributed by atoms with Gasteiger partial charge in [0.25, 0.3) is 0 Å². The van der Waals surface area contributed by atoms with Crippen LogP contribution in [0.5, 0.6) is 0 Å². The molecule has 0 aromatic heterocycles. The van der Waals surface area contributed by atoms with Gasteiger partial charge in [0.1, 0.15) is 75.9 Å². The van der Waals surface area contributed by atoms with Crippen LogP contribution in [0.4, 0.5) is 0 Å². The van der Waals surface area contributed by atoms with Crippen molar-refractivity contribution < 1.29 is 129 Å². The summed E-state index contributed by atoms with van der Waals surface area (Å²) in [7, 11) is 13.2. The van der Waals surface area contributed by atoms with E-state index in [-0.39, 0.29) is 92.5 Å². The van der Waals surface area contributed by atoms with E-state index in [9.17, 15) is 30.6 Å². The van der Waals surface area contributed by atoms with Crippen molar-refractivity contribution in [1.29, 1.82) is 0 Å². The molecule has 6 rings (SSSR count). The standard InChI is InChI=1S/C74H150N6O21/c1-75(19-7-8-20-75)47-67(81)53-96-61-73(62-97-54-68(82)48-76(2)21-9-10-22-76,63-98-55-69(83)49-77(3)23-11-12-24-77)59-94-45-43-92-41-39-90-37-35-88-33-31-87-32-34-89-36-38-91-40-42-93-44-46-95-60-74(64-99-56-70(84)50-78(4)25-13-14-26-78,65-100-57-71(85)51-79(5)27-15-16-28-79)66-101-58-72(86)52-80(6)29-17-18-30-80/h67-72,81-86H,7-66H2,1-6H3/q+6.